The van der Waals surface area contributed by atoms with Gasteiger partial charge in [-0.2, -0.15) is 0 Å². The summed E-state index contributed by atoms with van der Waals surface area (Å²) in [7, 11) is 4.71. The van der Waals surface area contributed by atoms with Crippen LogP contribution in [0.15, 0.2) is 78.9 Å². The van der Waals surface area contributed by atoms with Crippen molar-refractivity contribution in [3.8, 4) is 17.2 Å². The molecule has 2 aliphatic rings. The third kappa shape index (κ3) is 4.85. The highest BCUT2D eigenvalue weighted by Gasteiger charge is 2.41. The first-order valence-electron chi connectivity index (χ1n) is 14.7. The van der Waals surface area contributed by atoms with Gasteiger partial charge in [0.25, 0.3) is 0 Å². The molecular weight excluding hydrogens is 559 g/mol. The highest BCUT2D eigenvalue weighted by molar-refractivity contribution is 5.89. The van der Waals surface area contributed by atoms with Crippen LogP contribution in [-0.2, 0) is 24.2 Å². The third-order valence-corrected chi connectivity index (χ3v) is 8.93. The van der Waals surface area contributed by atoms with Crippen LogP contribution in [0.25, 0.3) is 10.9 Å². The molecule has 4 aromatic carbocycles. The number of methoxy groups -OCH3 is 3. The summed E-state index contributed by atoms with van der Waals surface area (Å²) in [6, 6.07) is 24.4. The van der Waals surface area contributed by atoms with Crippen LogP contribution in [0.1, 0.15) is 56.0 Å². The van der Waals surface area contributed by atoms with E-state index >= 15 is 0 Å². The minimum Gasteiger partial charge on any atom is -0.497 e. The Morgan fingerprint density at radius 2 is 1.73 bits per heavy atom. The number of halogens is 1. The highest BCUT2D eigenvalue weighted by atomic mass is 19.1. The summed E-state index contributed by atoms with van der Waals surface area (Å²) in [5, 5.41) is 1.14. The van der Waals surface area contributed by atoms with Gasteiger partial charge in [0, 0.05) is 29.2 Å². The van der Waals surface area contributed by atoms with Gasteiger partial charge in [-0.25, -0.2) is 9.18 Å². The molecule has 3 heterocycles. The Hall–Kier alpha value is -4.82. The van der Waals surface area contributed by atoms with Gasteiger partial charge in [0.2, 0.25) is 0 Å². The monoisotopic (exact) mass is 592 g/mol. The molecule has 7 rings (SSSR count). The first-order chi connectivity index (χ1) is 21.5. The second-order valence-corrected chi connectivity index (χ2v) is 11.3. The molecule has 8 heteroatoms. The van der Waals surface area contributed by atoms with E-state index in [2.05, 4.69) is 34.1 Å². The minimum atomic E-state index is -0.374. The van der Waals surface area contributed by atoms with E-state index in [0.29, 0.717) is 23.7 Å². The largest absolute Gasteiger partial charge is 0.497 e. The summed E-state index contributed by atoms with van der Waals surface area (Å²) in [5.74, 6) is 1.54. The maximum atomic E-state index is 14.0. The molecule has 0 bridgehead atoms. The van der Waals surface area contributed by atoms with Gasteiger partial charge in [0.15, 0.2) is 11.5 Å². The number of nitrogens with one attached hydrogen (secondary N) is 1. The van der Waals surface area contributed by atoms with E-state index in [9.17, 15) is 9.18 Å². The van der Waals surface area contributed by atoms with Crippen LogP contribution < -0.4 is 14.2 Å². The molecule has 2 unspecified atom stereocenters. The lowest BCUT2D eigenvalue weighted by Gasteiger charge is -2.46. The second kappa shape index (κ2) is 11.4. The Morgan fingerprint density at radius 3 is 2.45 bits per heavy atom. The molecule has 0 aliphatic carbocycles. The third-order valence-electron chi connectivity index (χ3n) is 8.93. The Bertz CT molecular complexity index is 1850. The van der Waals surface area contributed by atoms with Gasteiger partial charge in [-0.1, -0.05) is 24.3 Å². The van der Waals surface area contributed by atoms with Crippen LogP contribution in [0.2, 0.25) is 0 Å². The van der Waals surface area contributed by atoms with Crippen molar-refractivity contribution in [1.82, 2.24) is 9.88 Å². The molecule has 0 saturated heterocycles. The first-order valence-corrected chi connectivity index (χ1v) is 14.7. The van der Waals surface area contributed by atoms with Gasteiger partial charge >= 0.3 is 5.97 Å². The maximum Gasteiger partial charge on any atom is 0.337 e. The maximum absolute atomic E-state index is 14.0. The van der Waals surface area contributed by atoms with Crippen LogP contribution >= 0.6 is 0 Å². The number of rotatable bonds is 7. The standard InChI is InChI=1S/C36H33FN2O5/c1-41-26-12-13-30-28(17-26)29-18-31-27-19-33(44-20-21-4-6-23(7-5-21)36(40)43-3)32(42-2)16-24(27)14-15-39(31)35(34(29)38-30)22-8-10-25(37)11-9-22/h4-13,16-17,19,31,35,38H,14-15,18,20H2,1-3H3. The zero-order chi connectivity index (χ0) is 30.4. The fourth-order valence-electron chi connectivity index (χ4n) is 6.74. The molecule has 1 aromatic heterocycles. The molecule has 2 atom stereocenters. The molecule has 224 valence electrons. The number of hydrogen-bond acceptors (Lipinski definition) is 6. The van der Waals surface area contributed by atoms with E-state index in [1.165, 1.54) is 35.9 Å². The average Bonchev–Trinajstić information content (AvgIpc) is 3.43. The number of nitrogens with zero attached hydrogens (tertiary/aromatic N) is 1. The Kier molecular flexibility index (Phi) is 7.22. The molecule has 1 N–H and O–H groups in total. The van der Waals surface area contributed by atoms with Gasteiger partial charge in [0.1, 0.15) is 18.2 Å². The van der Waals surface area contributed by atoms with Gasteiger partial charge in [-0.15, -0.1) is 0 Å². The zero-order valence-corrected chi connectivity index (χ0v) is 24.9. The molecule has 0 fully saturated rings. The summed E-state index contributed by atoms with van der Waals surface area (Å²) in [6.07, 6.45) is 1.65. The van der Waals surface area contributed by atoms with Crippen molar-refractivity contribution in [1.29, 1.82) is 0 Å². The quantitative estimate of drug-likeness (QED) is 0.207. The Labute approximate surface area is 255 Å². The van der Waals surface area contributed by atoms with Crippen molar-refractivity contribution in [3.05, 3.63) is 124 Å². The van der Waals surface area contributed by atoms with Crippen LogP contribution in [0.4, 0.5) is 4.39 Å². The van der Waals surface area contributed by atoms with Crippen molar-refractivity contribution in [2.45, 2.75) is 31.5 Å². The van der Waals surface area contributed by atoms with E-state index in [1.807, 2.05) is 30.3 Å². The topological polar surface area (TPSA) is 73.0 Å². The molecule has 2 aliphatic heterocycles. The normalized spacial score (nSPS) is 17.4. The summed E-state index contributed by atoms with van der Waals surface area (Å²) < 4.78 is 36.5. The summed E-state index contributed by atoms with van der Waals surface area (Å²) in [6.45, 7) is 1.16. The number of esters is 1. The van der Waals surface area contributed by atoms with Crippen LogP contribution in [0.3, 0.4) is 0 Å². The number of H-pyrrole nitrogens is 1. The van der Waals surface area contributed by atoms with Crippen LogP contribution in [0.5, 0.6) is 17.2 Å². The molecule has 7 nitrogen and oxygen atoms in total. The highest BCUT2D eigenvalue weighted by Crippen LogP contribution is 2.50. The molecule has 0 radical (unpaired) electrons. The van der Waals surface area contributed by atoms with E-state index in [0.717, 1.165) is 52.9 Å². The van der Waals surface area contributed by atoms with Gasteiger partial charge in [-0.3, -0.25) is 4.90 Å². The lowest BCUT2D eigenvalue weighted by Crippen LogP contribution is -2.43. The second-order valence-electron chi connectivity index (χ2n) is 11.3. The van der Waals surface area contributed by atoms with Crippen molar-refractivity contribution in [2.75, 3.05) is 27.9 Å². The number of ether oxygens (including phenoxy) is 4. The molecule has 0 amide bonds. The number of aromatic amines is 1. The smallest absolute Gasteiger partial charge is 0.337 e. The minimum absolute atomic E-state index is 0.0686. The number of fused-ring (bicyclic) bond motifs is 6. The van der Waals surface area contributed by atoms with Crippen molar-refractivity contribution < 1.29 is 28.1 Å². The van der Waals surface area contributed by atoms with Gasteiger partial charge in [0.05, 0.1) is 32.9 Å². The van der Waals surface area contributed by atoms with Gasteiger partial charge < -0.3 is 23.9 Å². The molecular formula is C36H33FN2O5. The summed E-state index contributed by atoms with van der Waals surface area (Å²) in [4.78, 5) is 18.1. The van der Waals surface area contributed by atoms with Crippen molar-refractivity contribution >= 4 is 16.9 Å². The van der Waals surface area contributed by atoms with E-state index in [4.69, 9.17) is 18.9 Å². The predicted octanol–water partition coefficient (Wildman–Crippen LogP) is 6.93. The predicted molar refractivity (Wildman–Crippen MR) is 165 cm³/mol. The summed E-state index contributed by atoms with van der Waals surface area (Å²) >= 11 is 0. The van der Waals surface area contributed by atoms with Crippen LogP contribution in [-0.4, -0.2) is 43.7 Å². The fraction of sp³-hybridized carbons (Fsp3) is 0.250. The number of hydrogen-bond donors (Lipinski definition) is 1. The lowest BCUT2D eigenvalue weighted by atomic mass is 9.80. The Balaban J connectivity index is 1.28. The SMILES string of the molecule is COC(=O)c1ccc(COc2cc3c(cc2OC)CCN2C3Cc3c([nH]c4ccc(OC)cc34)C2c2ccc(F)cc2)cc1. The Morgan fingerprint density at radius 1 is 0.932 bits per heavy atom. The fourth-order valence-corrected chi connectivity index (χ4v) is 6.74. The van der Waals surface area contributed by atoms with Crippen molar-refractivity contribution in [3.63, 3.8) is 0 Å². The van der Waals surface area contributed by atoms with E-state index in [1.54, 1.807) is 26.4 Å². The summed E-state index contributed by atoms with van der Waals surface area (Å²) in [5.41, 5.74) is 8.32. The number of aromatic nitrogens is 1. The van der Waals surface area contributed by atoms with Gasteiger partial charge in [-0.05, 0) is 95.3 Å². The zero-order valence-electron chi connectivity index (χ0n) is 24.9. The number of carbonyl (C=O) groups excluding carboxylic acids is 1. The van der Waals surface area contributed by atoms with E-state index < -0.39 is 0 Å². The first kappa shape index (κ1) is 28.0. The number of carbonyl (C=O) groups is 1. The molecule has 0 spiro atoms. The lowest BCUT2D eigenvalue weighted by molar-refractivity contribution is 0.0600. The van der Waals surface area contributed by atoms with Crippen LogP contribution in [0, 0.1) is 5.82 Å². The molecule has 44 heavy (non-hydrogen) atoms. The number of benzene rings is 4. The molecule has 0 saturated carbocycles. The van der Waals surface area contributed by atoms with Crippen molar-refractivity contribution in [2.24, 2.45) is 0 Å². The average molecular weight is 593 g/mol. The van der Waals surface area contributed by atoms with E-state index in [-0.39, 0.29) is 23.9 Å². The molecule has 5 aromatic rings.